The minimum Gasteiger partial charge on any atom is -0.381 e. The maximum absolute atomic E-state index is 5.78. The third-order valence-corrected chi connectivity index (χ3v) is 4.95. The predicted molar refractivity (Wildman–Crippen MR) is 73.8 cm³/mol. The molecular weight excluding hydrogens is 226 g/mol. The molecule has 0 radical (unpaired) electrons. The summed E-state index contributed by atoms with van der Waals surface area (Å²) in [4.78, 5) is 0. The van der Waals surface area contributed by atoms with Crippen molar-refractivity contribution in [1.29, 1.82) is 0 Å². The molecule has 0 aromatic carbocycles. The molecule has 0 amide bonds. The van der Waals surface area contributed by atoms with Gasteiger partial charge in [-0.3, -0.25) is 0 Å². The van der Waals surface area contributed by atoms with Crippen molar-refractivity contribution in [1.82, 2.24) is 5.32 Å². The Morgan fingerprint density at radius 2 is 1.94 bits per heavy atom. The molecule has 2 fully saturated rings. The van der Waals surface area contributed by atoms with Gasteiger partial charge in [0.25, 0.3) is 0 Å². The summed E-state index contributed by atoms with van der Waals surface area (Å²) in [6.45, 7) is 7.43. The van der Waals surface area contributed by atoms with Gasteiger partial charge in [-0.25, -0.2) is 0 Å². The molecule has 18 heavy (non-hydrogen) atoms. The van der Waals surface area contributed by atoms with Crippen molar-refractivity contribution in [2.24, 2.45) is 11.8 Å². The molecule has 0 aromatic rings. The normalized spacial score (nSPS) is 36.5. The molecule has 3 atom stereocenters. The molecule has 3 nitrogen and oxygen atoms in total. The van der Waals surface area contributed by atoms with E-state index in [4.69, 9.17) is 9.47 Å². The van der Waals surface area contributed by atoms with Gasteiger partial charge in [0.1, 0.15) is 0 Å². The Balaban J connectivity index is 1.82. The van der Waals surface area contributed by atoms with Crippen LogP contribution in [0.5, 0.6) is 0 Å². The van der Waals surface area contributed by atoms with Crippen LogP contribution in [0.2, 0.25) is 0 Å². The fraction of sp³-hybridized carbons (Fsp3) is 1.00. The minimum absolute atomic E-state index is 0.0149. The zero-order valence-electron chi connectivity index (χ0n) is 12.2. The summed E-state index contributed by atoms with van der Waals surface area (Å²) < 4.78 is 11.2. The average Bonchev–Trinajstić information content (AvgIpc) is 2.39. The van der Waals surface area contributed by atoms with Crippen molar-refractivity contribution in [3.63, 3.8) is 0 Å². The molecule has 1 heterocycles. The molecule has 2 rings (SSSR count). The minimum atomic E-state index is 0.0149. The quantitative estimate of drug-likeness (QED) is 0.837. The Bertz CT molecular complexity index is 251. The molecule has 0 spiro atoms. The Morgan fingerprint density at radius 3 is 2.56 bits per heavy atom. The van der Waals surface area contributed by atoms with Crippen molar-refractivity contribution < 1.29 is 9.47 Å². The summed E-state index contributed by atoms with van der Waals surface area (Å²) in [5.74, 6) is 1.69. The number of rotatable bonds is 4. The first-order chi connectivity index (χ1) is 8.65. The van der Waals surface area contributed by atoms with Gasteiger partial charge in [0, 0.05) is 45.8 Å². The Hall–Kier alpha value is -0.120. The molecule has 1 saturated carbocycles. The van der Waals surface area contributed by atoms with E-state index in [0.29, 0.717) is 6.04 Å². The molecule has 3 heteroatoms. The second-order valence-electron chi connectivity index (χ2n) is 6.38. The fourth-order valence-electron chi connectivity index (χ4n) is 3.48. The predicted octanol–water partition coefficient (Wildman–Crippen LogP) is 2.60. The first kappa shape index (κ1) is 14.3. The van der Waals surface area contributed by atoms with E-state index in [1.807, 2.05) is 7.11 Å². The van der Waals surface area contributed by atoms with Crippen LogP contribution in [0.3, 0.4) is 0 Å². The first-order valence-corrected chi connectivity index (χ1v) is 7.51. The number of nitrogens with one attached hydrogen (secondary N) is 1. The standard InChI is InChI=1S/C15H29NO2/c1-12-4-5-14(13(2)10-12)16-11-15(17-3)6-8-18-9-7-15/h12-14,16H,4-11H2,1-3H3/t12-,13-,14-/m1/s1. The zero-order valence-corrected chi connectivity index (χ0v) is 12.2. The number of hydrogen-bond acceptors (Lipinski definition) is 3. The highest BCUT2D eigenvalue weighted by atomic mass is 16.5. The molecule has 0 aromatic heterocycles. The van der Waals surface area contributed by atoms with Crippen LogP contribution in [-0.2, 0) is 9.47 Å². The van der Waals surface area contributed by atoms with Gasteiger partial charge in [0.05, 0.1) is 5.60 Å². The Morgan fingerprint density at radius 1 is 1.22 bits per heavy atom. The lowest BCUT2D eigenvalue weighted by Crippen LogP contribution is -2.51. The van der Waals surface area contributed by atoms with E-state index in [-0.39, 0.29) is 5.60 Å². The van der Waals surface area contributed by atoms with Crippen LogP contribution < -0.4 is 5.32 Å². The van der Waals surface area contributed by atoms with E-state index in [1.165, 1.54) is 19.3 Å². The summed E-state index contributed by atoms with van der Waals surface area (Å²) in [5.41, 5.74) is 0.0149. The third kappa shape index (κ3) is 3.46. The smallest absolute Gasteiger partial charge is 0.0846 e. The van der Waals surface area contributed by atoms with Crippen LogP contribution in [0.25, 0.3) is 0 Å². The third-order valence-electron chi connectivity index (χ3n) is 4.95. The molecule has 1 saturated heterocycles. The first-order valence-electron chi connectivity index (χ1n) is 7.51. The topological polar surface area (TPSA) is 30.5 Å². The van der Waals surface area contributed by atoms with Gasteiger partial charge in [-0.1, -0.05) is 13.8 Å². The number of ether oxygens (including phenoxy) is 2. The zero-order chi connectivity index (χ0) is 13.0. The van der Waals surface area contributed by atoms with E-state index < -0.39 is 0 Å². The van der Waals surface area contributed by atoms with Crippen molar-refractivity contribution in [2.45, 2.75) is 57.6 Å². The van der Waals surface area contributed by atoms with Crippen LogP contribution in [-0.4, -0.2) is 38.5 Å². The average molecular weight is 255 g/mol. The maximum Gasteiger partial charge on any atom is 0.0846 e. The van der Waals surface area contributed by atoms with Crippen LogP contribution in [0.4, 0.5) is 0 Å². The molecule has 1 aliphatic heterocycles. The van der Waals surface area contributed by atoms with Gasteiger partial charge in [-0.05, 0) is 31.1 Å². The summed E-state index contributed by atoms with van der Waals surface area (Å²) in [6.07, 6.45) is 6.09. The molecule has 0 bridgehead atoms. The summed E-state index contributed by atoms with van der Waals surface area (Å²) >= 11 is 0. The second kappa shape index (κ2) is 6.36. The highest BCUT2D eigenvalue weighted by Crippen LogP contribution is 2.30. The van der Waals surface area contributed by atoms with Gasteiger partial charge in [0.2, 0.25) is 0 Å². The SMILES string of the molecule is COC1(CN[C@@H]2CC[C@@H](C)C[C@H]2C)CCOCC1. The van der Waals surface area contributed by atoms with Gasteiger partial charge >= 0.3 is 0 Å². The largest absolute Gasteiger partial charge is 0.381 e. The van der Waals surface area contributed by atoms with E-state index in [2.05, 4.69) is 19.2 Å². The molecule has 1 aliphatic carbocycles. The van der Waals surface area contributed by atoms with Gasteiger partial charge < -0.3 is 14.8 Å². The van der Waals surface area contributed by atoms with Crippen molar-refractivity contribution in [3.8, 4) is 0 Å². The van der Waals surface area contributed by atoms with Crippen LogP contribution in [0.1, 0.15) is 46.0 Å². The Kier molecular flexibility index (Phi) is 5.05. The lowest BCUT2D eigenvalue weighted by atomic mass is 9.79. The van der Waals surface area contributed by atoms with Gasteiger partial charge in [-0.15, -0.1) is 0 Å². The molecule has 1 N–H and O–H groups in total. The van der Waals surface area contributed by atoms with Crippen LogP contribution in [0.15, 0.2) is 0 Å². The monoisotopic (exact) mass is 255 g/mol. The molecule has 2 aliphatic rings. The summed E-state index contributed by atoms with van der Waals surface area (Å²) in [7, 11) is 1.85. The molecular formula is C15H29NO2. The lowest BCUT2D eigenvalue weighted by molar-refractivity contribution is -0.0897. The number of hydrogen-bond donors (Lipinski definition) is 1. The van der Waals surface area contributed by atoms with Gasteiger partial charge in [-0.2, -0.15) is 0 Å². The number of methoxy groups -OCH3 is 1. The van der Waals surface area contributed by atoms with E-state index in [0.717, 1.165) is 44.4 Å². The molecule has 0 unspecified atom stereocenters. The van der Waals surface area contributed by atoms with Crippen molar-refractivity contribution in [3.05, 3.63) is 0 Å². The highest BCUT2D eigenvalue weighted by Gasteiger charge is 2.34. The Labute approximate surface area is 112 Å². The fourth-order valence-corrected chi connectivity index (χ4v) is 3.48. The van der Waals surface area contributed by atoms with Crippen molar-refractivity contribution in [2.75, 3.05) is 26.9 Å². The highest BCUT2D eigenvalue weighted by molar-refractivity contribution is 4.89. The maximum atomic E-state index is 5.78. The summed E-state index contributed by atoms with van der Waals surface area (Å²) in [6, 6.07) is 0.677. The van der Waals surface area contributed by atoms with E-state index in [1.54, 1.807) is 0 Å². The lowest BCUT2D eigenvalue weighted by Gasteiger charge is -2.40. The van der Waals surface area contributed by atoms with E-state index >= 15 is 0 Å². The van der Waals surface area contributed by atoms with Crippen molar-refractivity contribution >= 4 is 0 Å². The van der Waals surface area contributed by atoms with Crippen LogP contribution in [0, 0.1) is 11.8 Å². The molecule has 106 valence electrons. The van der Waals surface area contributed by atoms with Crippen LogP contribution >= 0.6 is 0 Å². The van der Waals surface area contributed by atoms with Gasteiger partial charge in [0.15, 0.2) is 0 Å². The van der Waals surface area contributed by atoms with E-state index in [9.17, 15) is 0 Å². The summed E-state index contributed by atoms with van der Waals surface area (Å²) in [5, 5.41) is 3.77. The second-order valence-corrected chi connectivity index (χ2v) is 6.38.